The van der Waals surface area contributed by atoms with E-state index in [1.165, 1.54) is 32.1 Å². The summed E-state index contributed by atoms with van der Waals surface area (Å²) < 4.78 is 0. The van der Waals surface area contributed by atoms with Crippen LogP contribution in [0, 0.1) is 11.8 Å². The number of hydrogen-bond acceptors (Lipinski definition) is 3. The molecule has 106 valence electrons. The van der Waals surface area contributed by atoms with Crippen molar-refractivity contribution in [1.29, 1.82) is 0 Å². The van der Waals surface area contributed by atoms with Gasteiger partial charge in [0.25, 0.3) is 5.91 Å². The third kappa shape index (κ3) is 3.06. The topological polar surface area (TPSA) is 54.4 Å². The van der Waals surface area contributed by atoms with Gasteiger partial charge in [-0.25, -0.2) is 5.43 Å². The number of hydrazone groups is 1. The number of fused-ring (bicyclic) bond motifs is 1. The fraction of sp³-hybridized carbons (Fsp3) is 0.562. The summed E-state index contributed by atoms with van der Waals surface area (Å²) in [4.78, 5) is 15.9. The van der Waals surface area contributed by atoms with Crippen molar-refractivity contribution in [2.75, 3.05) is 0 Å². The summed E-state index contributed by atoms with van der Waals surface area (Å²) in [5, 5.41) is 4.34. The van der Waals surface area contributed by atoms with E-state index >= 15 is 0 Å². The highest BCUT2D eigenvalue weighted by Crippen LogP contribution is 2.39. The van der Waals surface area contributed by atoms with Crippen LogP contribution < -0.4 is 5.43 Å². The predicted octanol–water partition coefficient (Wildman–Crippen LogP) is 3.16. The van der Waals surface area contributed by atoms with E-state index in [1.54, 1.807) is 24.5 Å². The fourth-order valence-corrected chi connectivity index (χ4v) is 3.48. The molecule has 1 N–H and O–H groups in total. The maximum Gasteiger partial charge on any atom is 0.272 e. The Balaban J connectivity index is 1.58. The van der Waals surface area contributed by atoms with Crippen LogP contribution in [-0.2, 0) is 0 Å². The maximum absolute atomic E-state index is 11.9. The molecule has 2 fully saturated rings. The van der Waals surface area contributed by atoms with Crippen LogP contribution in [0.4, 0.5) is 0 Å². The van der Waals surface area contributed by atoms with Crippen molar-refractivity contribution in [3.05, 3.63) is 30.1 Å². The Labute approximate surface area is 119 Å². The molecule has 0 aliphatic heterocycles. The van der Waals surface area contributed by atoms with Crippen molar-refractivity contribution in [2.24, 2.45) is 16.9 Å². The van der Waals surface area contributed by atoms with Crippen molar-refractivity contribution in [2.45, 2.75) is 44.9 Å². The normalized spacial score (nSPS) is 27.9. The quantitative estimate of drug-likeness (QED) is 0.840. The van der Waals surface area contributed by atoms with E-state index in [1.807, 2.05) is 0 Å². The van der Waals surface area contributed by atoms with Crippen molar-refractivity contribution in [3.8, 4) is 0 Å². The number of carbonyl (C=O) groups is 1. The van der Waals surface area contributed by atoms with Gasteiger partial charge >= 0.3 is 0 Å². The molecule has 2 atom stereocenters. The van der Waals surface area contributed by atoms with Crippen LogP contribution in [0.5, 0.6) is 0 Å². The van der Waals surface area contributed by atoms with Gasteiger partial charge in [0.15, 0.2) is 0 Å². The van der Waals surface area contributed by atoms with Crippen LogP contribution in [0.3, 0.4) is 0 Å². The second-order valence-electron chi connectivity index (χ2n) is 5.91. The van der Waals surface area contributed by atoms with Gasteiger partial charge in [-0.2, -0.15) is 5.10 Å². The number of hydrogen-bond donors (Lipinski definition) is 1. The maximum atomic E-state index is 11.9. The van der Waals surface area contributed by atoms with Crippen LogP contribution in [0.1, 0.15) is 55.3 Å². The number of rotatable bonds is 2. The van der Waals surface area contributed by atoms with Gasteiger partial charge in [0.2, 0.25) is 0 Å². The average Bonchev–Trinajstić information content (AvgIpc) is 2.53. The van der Waals surface area contributed by atoms with Crippen molar-refractivity contribution in [3.63, 3.8) is 0 Å². The lowest BCUT2D eigenvalue weighted by Crippen LogP contribution is -2.29. The summed E-state index contributed by atoms with van der Waals surface area (Å²) >= 11 is 0. The Morgan fingerprint density at radius 1 is 1.25 bits per heavy atom. The van der Waals surface area contributed by atoms with Gasteiger partial charge in [-0.3, -0.25) is 9.78 Å². The second-order valence-corrected chi connectivity index (χ2v) is 5.91. The van der Waals surface area contributed by atoms with E-state index in [-0.39, 0.29) is 5.91 Å². The van der Waals surface area contributed by atoms with Gasteiger partial charge in [-0.1, -0.05) is 19.3 Å². The van der Waals surface area contributed by atoms with E-state index in [9.17, 15) is 4.79 Å². The molecule has 2 saturated carbocycles. The molecule has 3 rings (SSSR count). The number of carbonyl (C=O) groups excluding carboxylic acids is 1. The predicted molar refractivity (Wildman–Crippen MR) is 78.4 cm³/mol. The molecule has 0 radical (unpaired) electrons. The van der Waals surface area contributed by atoms with E-state index in [4.69, 9.17) is 0 Å². The molecule has 1 aromatic rings. The minimum Gasteiger partial charge on any atom is -0.267 e. The fourth-order valence-electron chi connectivity index (χ4n) is 3.48. The number of nitrogens with one attached hydrogen (secondary N) is 1. The molecule has 1 amide bonds. The van der Waals surface area contributed by atoms with Crippen LogP contribution in [0.25, 0.3) is 0 Å². The lowest BCUT2D eigenvalue weighted by Gasteiger charge is -2.35. The molecule has 2 aliphatic rings. The first kappa shape index (κ1) is 13.3. The Morgan fingerprint density at radius 2 is 2.10 bits per heavy atom. The van der Waals surface area contributed by atoms with Gasteiger partial charge in [0, 0.05) is 18.1 Å². The molecule has 0 saturated heterocycles. The van der Waals surface area contributed by atoms with Crippen LogP contribution in [-0.4, -0.2) is 16.6 Å². The molecule has 2 aliphatic carbocycles. The smallest absolute Gasteiger partial charge is 0.267 e. The van der Waals surface area contributed by atoms with Crippen LogP contribution in [0.2, 0.25) is 0 Å². The average molecular weight is 271 g/mol. The first-order chi connectivity index (χ1) is 9.83. The lowest BCUT2D eigenvalue weighted by molar-refractivity contribution is 0.0953. The molecule has 0 unspecified atom stereocenters. The number of pyridine rings is 1. The summed E-state index contributed by atoms with van der Waals surface area (Å²) in [6.07, 6.45) is 12.0. The molecule has 1 aromatic heterocycles. The summed E-state index contributed by atoms with van der Waals surface area (Å²) in [7, 11) is 0. The van der Waals surface area contributed by atoms with Gasteiger partial charge in [0.05, 0.1) is 5.56 Å². The van der Waals surface area contributed by atoms with Crippen LogP contribution >= 0.6 is 0 Å². The highest BCUT2D eigenvalue weighted by molar-refractivity contribution is 5.95. The van der Waals surface area contributed by atoms with E-state index in [2.05, 4.69) is 15.5 Å². The SMILES string of the molecule is O=C(N/N=C1/CC[C@@H]2CCCC[C@H]2C1)c1cccnc1. The Morgan fingerprint density at radius 3 is 2.90 bits per heavy atom. The molecule has 0 spiro atoms. The molecule has 20 heavy (non-hydrogen) atoms. The van der Waals surface area contributed by atoms with Crippen molar-refractivity contribution >= 4 is 11.6 Å². The highest BCUT2D eigenvalue weighted by Gasteiger charge is 2.30. The Hall–Kier alpha value is -1.71. The number of amides is 1. The van der Waals surface area contributed by atoms with Crippen molar-refractivity contribution in [1.82, 2.24) is 10.4 Å². The molecular formula is C16H21N3O. The standard InChI is InChI=1S/C16H21N3O/c20-16(14-6-3-9-17-11-14)19-18-15-8-7-12-4-1-2-5-13(12)10-15/h3,6,9,11-13H,1-2,4-5,7-8,10H2,(H,19,20)/b18-15-/t12-,13-/m0/s1. The third-order valence-electron chi connectivity index (χ3n) is 4.61. The lowest BCUT2D eigenvalue weighted by atomic mass is 9.70. The van der Waals surface area contributed by atoms with Gasteiger partial charge in [-0.05, 0) is 49.7 Å². The largest absolute Gasteiger partial charge is 0.272 e. The first-order valence-corrected chi connectivity index (χ1v) is 7.59. The van der Waals surface area contributed by atoms with Crippen molar-refractivity contribution < 1.29 is 4.79 Å². The summed E-state index contributed by atoms with van der Waals surface area (Å²) in [5.41, 5.74) is 4.39. The number of aromatic nitrogens is 1. The minimum atomic E-state index is -0.170. The van der Waals surface area contributed by atoms with Gasteiger partial charge < -0.3 is 0 Å². The van der Waals surface area contributed by atoms with Crippen LogP contribution in [0.15, 0.2) is 29.6 Å². The summed E-state index contributed by atoms with van der Waals surface area (Å²) in [6.45, 7) is 0. The molecule has 1 heterocycles. The second kappa shape index (κ2) is 6.16. The molecule has 4 nitrogen and oxygen atoms in total. The number of nitrogens with zero attached hydrogens (tertiary/aromatic N) is 2. The van der Waals surface area contributed by atoms with Gasteiger partial charge in [-0.15, -0.1) is 0 Å². The van der Waals surface area contributed by atoms with Gasteiger partial charge in [0.1, 0.15) is 0 Å². The van der Waals surface area contributed by atoms with E-state index < -0.39 is 0 Å². The zero-order valence-corrected chi connectivity index (χ0v) is 11.7. The highest BCUT2D eigenvalue weighted by atomic mass is 16.2. The molecule has 4 heteroatoms. The zero-order valence-electron chi connectivity index (χ0n) is 11.7. The Bertz CT molecular complexity index is 498. The van der Waals surface area contributed by atoms with E-state index in [0.29, 0.717) is 5.56 Å². The molecule has 0 aromatic carbocycles. The Kier molecular flexibility index (Phi) is 4.09. The summed E-state index contributed by atoms with van der Waals surface area (Å²) in [6, 6.07) is 3.51. The first-order valence-electron chi connectivity index (χ1n) is 7.59. The zero-order chi connectivity index (χ0) is 13.8. The molecule has 0 bridgehead atoms. The molecular weight excluding hydrogens is 250 g/mol. The summed E-state index contributed by atoms with van der Waals surface area (Å²) in [5.74, 6) is 1.53. The monoisotopic (exact) mass is 271 g/mol. The third-order valence-corrected chi connectivity index (χ3v) is 4.61. The van der Waals surface area contributed by atoms with E-state index in [0.717, 1.165) is 30.4 Å². The minimum absolute atomic E-state index is 0.170.